The Hall–Kier alpha value is -2.41. The maximum absolute atomic E-state index is 12.6. The van der Waals surface area contributed by atoms with E-state index in [1.807, 2.05) is 24.3 Å². The second-order valence-electron chi connectivity index (χ2n) is 7.62. The highest BCUT2D eigenvalue weighted by molar-refractivity contribution is 5.93. The molecule has 136 valence electrons. The van der Waals surface area contributed by atoms with E-state index < -0.39 is 0 Å². The molecule has 1 saturated carbocycles. The summed E-state index contributed by atoms with van der Waals surface area (Å²) in [6.45, 7) is 3.27. The van der Waals surface area contributed by atoms with Crippen LogP contribution < -0.4 is 10.6 Å². The molecule has 1 aromatic carbocycles. The first-order chi connectivity index (χ1) is 12.8. The molecule has 1 unspecified atom stereocenters. The van der Waals surface area contributed by atoms with Gasteiger partial charge in [0.05, 0.1) is 11.3 Å². The highest BCUT2D eigenvalue weighted by Gasteiger charge is 2.35. The van der Waals surface area contributed by atoms with Crippen LogP contribution in [0.15, 0.2) is 28.8 Å². The van der Waals surface area contributed by atoms with Gasteiger partial charge < -0.3 is 20.1 Å². The molecule has 4 heterocycles. The zero-order valence-electron chi connectivity index (χ0n) is 14.6. The molecule has 1 aromatic heterocycles. The molecule has 26 heavy (non-hydrogen) atoms. The smallest absolute Gasteiger partial charge is 0.319 e. The first kappa shape index (κ1) is 15.8. The minimum absolute atomic E-state index is 0.168. The van der Waals surface area contributed by atoms with Gasteiger partial charge in [0, 0.05) is 18.5 Å². The predicted molar refractivity (Wildman–Crippen MR) is 96.8 cm³/mol. The van der Waals surface area contributed by atoms with E-state index in [-0.39, 0.29) is 12.1 Å². The van der Waals surface area contributed by atoms with E-state index in [4.69, 9.17) is 4.52 Å². The number of anilines is 1. The Kier molecular flexibility index (Phi) is 3.89. The number of carbonyl (C=O) groups is 1. The number of nitrogens with one attached hydrogen (secondary N) is 2. The summed E-state index contributed by atoms with van der Waals surface area (Å²) in [5.41, 5.74) is 1.45. The van der Waals surface area contributed by atoms with Gasteiger partial charge in [0.15, 0.2) is 5.82 Å². The Bertz CT molecular complexity index is 808. The molecule has 3 saturated heterocycles. The van der Waals surface area contributed by atoms with Crippen molar-refractivity contribution < 1.29 is 9.32 Å². The third-order valence-corrected chi connectivity index (χ3v) is 5.76. The lowest BCUT2D eigenvalue weighted by Gasteiger charge is -2.44. The van der Waals surface area contributed by atoms with Crippen molar-refractivity contribution in [3.63, 3.8) is 0 Å². The lowest BCUT2D eigenvalue weighted by Crippen LogP contribution is -2.57. The largest absolute Gasteiger partial charge is 0.334 e. The Morgan fingerprint density at radius 1 is 1.15 bits per heavy atom. The average molecular weight is 353 g/mol. The molecule has 1 aliphatic carbocycles. The SMILES string of the molecule is O=C(Nc1ccccc1-c1nc(C2CC2)no1)NC1CN2CCC1CC2. The van der Waals surface area contributed by atoms with Gasteiger partial charge in [-0.1, -0.05) is 17.3 Å². The summed E-state index contributed by atoms with van der Waals surface area (Å²) in [4.78, 5) is 19.5. The molecular formula is C19H23N5O2. The number of fused-ring (bicyclic) bond motifs is 3. The molecule has 7 heteroatoms. The van der Waals surface area contributed by atoms with Crippen molar-refractivity contribution in [2.24, 2.45) is 5.92 Å². The zero-order chi connectivity index (χ0) is 17.5. The topological polar surface area (TPSA) is 83.3 Å². The number of piperidine rings is 3. The van der Waals surface area contributed by atoms with Crippen molar-refractivity contribution in [3.05, 3.63) is 30.1 Å². The zero-order valence-corrected chi connectivity index (χ0v) is 14.6. The molecule has 4 fully saturated rings. The highest BCUT2D eigenvalue weighted by atomic mass is 16.5. The first-order valence-corrected chi connectivity index (χ1v) is 9.49. The summed E-state index contributed by atoms with van der Waals surface area (Å²) in [6.07, 6.45) is 4.60. The van der Waals surface area contributed by atoms with Crippen LogP contribution >= 0.6 is 0 Å². The minimum Gasteiger partial charge on any atom is -0.334 e. The van der Waals surface area contributed by atoms with Crippen LogP contribution in [0.2, 0.25) is 0 Å². The molecule has 4 aliphatic rings. The molecule has 6 rings (SSSR count). The van der Waals surface area contributed by atoms with E-state index >= 15 is 0 Å². The number of urea groups is 1. The van der Waals surface area contributed by atoms with E-state index in [2.05, 4.69) is 25.7 Å². The molecule has 2 amide bonds. The number of nitrogens with zero attached hydrogens (tertiary/aromatic N) is 3. The van der Waals surface area contributed by atoms with Gasteiger partial charge in [-0.3, -0.25) is 0 Å². The fourth-order valence-electron chi connectivity index (χ4n) is 4.09. The van der Waals surface area contributed by atoms with Crippen molar-refractivity contribution in [2.75, 3.05) is 25.0 Å². The third kappa shape index (κ3) is 3.07. The lowest BCUT2D eigenvalue weighted by molar-refractivity contribution is 0.0777. The lowest BCUT2D eigenvalue weighted by atomic mass is 9.84. The summed E-state index contributed by atoms with van der Waals surface area (Å²) >= 11 is 0. The summed E-state index contributed by atoms with van der Waals surface area (Å²) in [5, 5.41) is 10.2. The van der Waals surface area contributed by atoms with Crippen molar-refractivity contribution in [2.45, 2.75) is 37.6 Å². The van der Waals surface area contributed by atoms with Gasteiger partial charge in [-0.15, -0.1) is 0 Å². The summed E-state index contributed by atoms with van der Waals surface area (Å²) < 4.78 is 5.42. The Morgan fingerprint density at radius 2 is 1.96 bits per heavy atom. The maximum Gasteiger partial charge on any atom is 0.319 e. The van der Waals surface area contributed by atoms with Crippen molar-refractivity contribution in [3.8, 4) is 11.5 Å². The van der Waals surface area contributed by atoms with Gasteiger partial charge in [0.2, 0.25) is 0 Å². The van der Waals surface area contributed by atoms with E-state index in [1.165, 1.54) is 12.8 Å². The molecule has 0 radical (unpaired) electrons. The average Bonchev–Trinajstić information content (AvgIpc) is 3.40. The quantitative estimate of drug-likeness (QED) is 0.883. The second kappa shape index (κ2) is 6.39. The van der Waals surface area contributed by atoms with Crippen molar-refractivity contribution >= 4 is 11.7 Å². The van der Waals surface area contributed by atoms with Gasteiger partial charge in [-0.05, 0) is 56.8 Å². The first-order valence-electron chi connectivity index (χ1n) is 9.49. The summed E-state index contributed by atoms with van der Waals surface area (Å²) in [7, 11) is 0. The predicted octanol–water partition coefficient (Wildman–Crippen LogP) is 2.83. The van der Waals surface area contributed by atoms with Crippen LogP contribution in [0.4, 0.5) is 10.5 Å². The summed E-state index contributed by atoms with van der Waals surface area (Å²) in [5.74, 6) is 2.27. The minimum atomic E-state index is -0.168. The molecule has 2 bridgehead atoms. The third-order valence-electron chi connectivity index (χ3n) is 5.76. The molecular weight excluding hydrogens is 330 g/mol. The number of amides is 2. The van der Waals surface area contributed by atoms with Gasteiger partial charge >= 0.3 is 6.03 Å². The van der Waals surface area contributed by atoms with Crippen LogP contribution in [-0.2, 0) is 0 Å². The van der Waals surface area contributed by atoms with E-state index in [9.17, 15) is 4.79 Å². The standard InChI is InChI=1S/C19H23N5O2/c25-19(21-16-11-24-9-7-12(16)8-10-24)20-15-4-2-1-3-14(15)18-22-17(23-26-18)13-5-6-13/h1-4,12-13,16H,5-11H2,(H2,20,21,25). The maximum atomic E-state index is 12.6. The second-order valence-corrected chi connectivity index (χ2v) is 7.62. The molecule has 0 spiro atoms. The van der Waals surface area contributed by atoms with Gasteiger partial charge in [0.1, 0.15) is 0 Å². The van der Waals surface area contributed by atoms with E-state index in [0.717, 1.165) is 43.9 Å². The van der Waals surface area contributed by atoms with Crippen LogP contribution in [0.25, 0.3) is 11.5 Å². The number of hydrogen-bond donors (Lipinski definition) is 2. The van der Waals surface area contributed by atoms with Crippen LogP contribution in [0.5, 0.6) is 0 Å². The summed E-state index contributed by atoms with van der Waals surface area (Å²) in [6, 6.07) is 7.63. The monoisotopic (exact) mass is 353 g/mol. The highest BCUT2D eigenvalue weighted by Crippen LogP contribution is 2.39. The van der Waals surface area contributed by atoms with Crippen LogP contribution in [-0.4, -0.2) is 46.7 Å². The van der Waals surface area contributed by atoms with Crippen LogP contribution in [0.1, 0.15) is 37.4 Å². The molecule has 2 aromatic rings. The molecule has 2 N–H and O–H groups in total. The Balaban J connectivity index is 1.30. The normalized spacial score (nSPS) is 27.3. The Labute approximate surface area is 152 Å². The van der Waals surface area contributed by atoms with E-state index in [1.54, 1.807) is 0 Å². The number of hydrogen-bond acceptors (Lipinski definition) is 5. The number of rotatable bonds is 4. The van der Waals surface area contributed by atoms with Gasteiger partial charge in [-0.25, -0.2) is 4.79 Å². The van der Waals surface area contributed by atoms with Crippen LogP contribution in [0, 0.1) is 5.92 Å². The molecule has 7 nitrogen and oxygen atoms in total. The fourth-order valence-corrected chi connectivity index (χ4v) is 4.09. The van der Waals surface area contributed by atoms with E-state index in [0.29, 0.717) is 23.4 Å². The molecule has 1 atom stereocenters. The van der Waals surface area contributed by atoms with Gasteiger partial charge in [0.25, 0.3) is 5.89 Å². The number of aromatic nitrogens is 2. The van der Waals surface area contributed by atoms with Crippen molar-refractivity contribution in [1.82, 2.24) is 20.4 Å². The number of para-hydroxylation sites is 1. The van der Waals surface area contributed by atoms with Crippen LogP contribution in [0.3, 0.4) is 0 Å². The van der Waals surface area contributed by atoms with Crippen molar-refractivity contribution in [1.29, 1.82) is 0 Å². The Morgan fingerprint density at radius 3 is 2.69 bits per heavy atom. The number of benzene rings is 1. The fraction of sp³-hybridized carbons (Fsp3) is 0.526. The number of carbonyl (C=O) groups excluding carboxylic acids is 1. The molecule has 3 aliphatic heterocycles. The van der Waals surface area contributed by atoms with Gasteiger partial charge in [-0.2, -0.15) is 4.98 Å².